The minimum Gasteiger partial charge on any atom is -0.319 e. The summed E-state index contributed by atoms with van der Waals surface area (Å²) in [5.41, 5.74) is 1.96. The largest absolute Gasteiger partial charge is 0.319 e. The second kappa shape index (κ2) is 5.34. The fourth-order valence-electron chi connectivity index (χ4n) is 2.02. The average molecular weight is 320 g/mol. The number of hydrogen-bond donors (Lipinski definition) is 1. The van der Waals surface area contributed by atoms with Gasteiger partial charge < -0.3 is 5.32 Å². The molecule has 6 nitrogen and oxygen atoms in total. The van der Waals surface area contributed by atoms with Gasteiger partial charge in [-0.05, 0) is 38.1 Å². The number of aryl methyl sites for hydroxylation is 2. The summed E-state index contributed by atoms with van der Waals surface area (Å²) < 4.78 is 14.6. The third kappa shape index (κ3) is 2.62. The van der Waals surface area contributed by atoms with E-state index in [1.54, 1.807) is 0 Å². The number of amides is 1. The van der Waals surface area contributed by atoms with Crippen molar-refractivity contribution < 1.29 is 9.18 Å². The van der Waals surface area contributed by atoms with Gasteiger partial charge in [0, 0.05) is 17.1 Å². The smallest absolute Gasteiger partial charge is 0.295 e. The summed E-state index contributed by atoms with van der Waals surface area (Å²) in [7, 11) is 0. The molecule has 2 heterocycles. The monoisotopic (exact) mass is 319 g/mol. The molecule has 1 aromatic carbocycles. The van der Waals surface area contributed by atoms with Crippen LogP contribution in [0.4, 0.5) is 10.1 Å². The Labute approximate surface area is 130 Å². The van der Waals surface area contributed by atoms with Crippen molar-refractivity contribution in [3.05, 3.63) is 52.3 Å². The Balaban J connectivity index is 1.91. The Morgan fingerprint density at radius 3 is 2.77 bits per heavy atom. The lowest BCUT2D eigenvalue weighted by molar-refractivity contribution is 0.101. The molecule has 0 aliphatic heterocycles. The van der Waals surface area contributed by atoms with E-state index >= 15 is 0 Å². The summed E-state index contributed by atoms with van der Waals surface area (Å²) in [4.78, 5) is 20.5. The van der Waals surface area contributed by atoms with Crippen molar-refractivity contribution in [1.82, 2.24) is 19.6 Å². The van der Waals surface area contributed by atoms with Crippen LogP contribution in [-0.4, -0.2) is 25.5 Å². The van der Waals surface area contributed by atoms with E-state index in [1.807, 2.05) is 19.9 Å². The highest BCUT2D eigenvalue weighted by molar-refractivity contribution is 6.31. The Morgan fingerprint density at radius 2 is 2.05 bits per heavy atom. The van der Waals surface area contributed by atoms with E-state index in [4.69, 9.17) is 11.6 Å². The minimum absolute atomic E-state index is 0.0263. The first-order chi connectivity index (χ1) is 10.4. The van der Waals surface area contributed by atoms with Crippen LogP contribution in [0, 0.1) is 19.7 Å². The van der Waals surface area contributed by atoms with E-state index in [9.17, 15) is 9.18 Å². The molecular weight excluding hydrogens is 309 g/mol. The molecular formula is C14H11ClFN5O. The van der Waals surface area contributed by atoms with Gasteiger partial charge in [0.1, 0.15) is 5.82 Å². The van der Waals surface area contributed by atoms with Crippen molar-refractivity contribution in [2.24, 2.45) is 0 Å². The zero-order valence-corrected chi connectivity index (χ0v) is 12.5. The molecule has 1 N–H and O–H groups in total. The van der Waals surface area contributed by atoms with Gasteiger partial charge in [0.15, 0.2) is 0 Å². The molecule has 112 valence electrons. The fraction of sp³-hybridized carbons (Fsp3) is 0.143. The molecule has 0 radical (unpaired) electrons. The van der Waals surface area contributed by atoms with Crippen molar-refractivity contribution in [1.29, 1.82) is 0 Å². The molecule has 0 atom stereocenters. The number of carbonyl (C=O) groups excluding carboxylic acids is 1. The summed E-state index contributed by atoms with van der Waals surface area (Å²) in [5, 5.41) is 6.60. The van der Waals surface area contributed by atoms with Crippen LogP contribution in [0.3, 0.4) is 0 Å². The first kappa shape index (κ1) is 14.4. The molecule has 0 bridgehead atoms. The molecule has 3 rings (SSSR count). The maximum atomic E-state index is 13.1. The molecule has 8 heteroatoms. The summed E-state index contributed by atoms with van der Waals surface area (Å²) in [6, 6.07) is 5.73. The van der Waals surface area contributed by atoms with Gasteiger partial charge in [-0.2, -0.15) is 4.98 Å². The Morgan fingerprint density at radius 1 is 1.27 bits per heavy atom. The molecule has 0 unspecified atom stereocenters. The summed E-state index contributed by atoms with van der Waals surface area (Å²) in [6.07, 6.45) is 0. The van der Waals surface area contributed by atoms with Crippen LogP contribution < -0.4 is 5.32 Å². The fourth-order valence-corrected chi connectivity index (χ4v) is 2.20. The van der Waals surface area contributed by atoms with Crippen molar-refractivity contribution in [2.45, 2.75) is 13.8 Å². The van der Waals surface area contributed by atoms with Crippen LogP contribution in [-0.2, 0) is 0 Å². The van der Waals surface area contributed by atoms with Gasteiger partial charge in [-0.3, -0.25) is 4.79 Å². The first-order valence-electron chi connectivity index (χ1n) is 6.41. The van der Waals surface area contributed by atoms with Gasteiger partial charge in [-0.25, -0.2) is 13.9 Å². The number of nitrogens with one attached hydrogen (secondary N) is 1. The number of nitrogens with zero attached hydrogens (tertiary/aromatic N) is 4. The maximum absolute atomic E-state index is 13.1. The van der Waals surface area contributed by atoms with Gasteiger partial charge in [-0.15, -0.1) is 5.10 Å². The lowest BCUT2D eigenvalue weighted by Crippen LogP contribution is -2.14. The number of anilines is 1. The zero-order chi connectivity index (χ0) is 15.9. The molecule has 2 aromatic heterocycles. The average Bonchev–Trinajstić information content (AvgIpc) is 2.87. The Hall–Kier alpha value is -2.54. The third-order valence-electron chi connectivity index (χ3n) is 3.00. The maximum Gasteiger partial charge on any atom is 0.295 e. The second-order valence-electron chi connectivity index (χ2n) is 4.77. The normalized spacial score (nSPS) is 10.9. The van der Waals surface area contributed by atoms with E-state index in [0.717, 1.165) is 11.4 Å². The minimum atomic E-state index is -0.555. The van der Waals surface area contributed by atoms with Gasteiger partial charge in [-0.1, -0.05) is 11.6 Å². The summed E-state index contributed by atoms with van der Waals surface area (Å²) in [5.74, 6) is -0.757. The van der Waals surface area contributed by atoms with Crippen LogP contribution in [0.1, 0.15) is 22.0 Å². The number of carbonyl (C=O) groups is 1. The van der Waals surface area contributed by atoms with E-state index < -0.39 is 11.7 Å². The van der Waals surface area contributed by atoms with Gasteiger partial charge in [0.05, 0.1) is 5.02 Å². The number of benzene rings is 1. The number of rotatable bonds is 2. The standard InChI is InChI=1S/C14H11ClFN5O/c1-7-5-8(2)21-14(17-7)19-12(20-21)13(22)18-9-3-4-11(16)10(15)6-9/h3-6H,1-2H3,(H,18,22). The van der Waals surface area contributed by atoms with Crippen LogP contribution in [0.2, 0.25) is 5.02 Å². The van der Waals surface area contributed by atoms with Crippen LogP contribution in [0.15, 0.2) is 24.3 Å². The van der Waals surface area contributed by atoms with Crippen LogP contribution >= 0.6 is 11.6 Å². The molecule has 0 saturated carbocycles. The third-order valence-corrected chi connectivity index (χ3v) is 3.29. The number of halogens is 2. The van der Waals surface area contributed by atoms with Crippen LogP contribution in [0.25, 0.3) is 5.78 Å². The van der Waals surface area contributed by atoms with Gasteiger partial charge in [0.25, 0.3) is 11.7 Å². The van der Waals surface area contributed by atoms with Crippen molar-refractivity contribution in [3.63, 3.8) is 0 Å². The SMILES string of the molecule is Cc1cc(C)n2nc(C(=O)Nc3ccc(F)c(Cl)c3)nc2n1. The number of hydrogen-bond acceptors (Lipinski definition) is 4. The number of aromatic nitrogens is 4. The molecule has 1 amide bonds. The molecule has 22 heavy (non-hydrogen) atoms. The molecule has 0 spiro atoms. The molecule has 0 fully saturated rings. The van der Waals surface area contributed by atoms with Crippen molar-refractivity contribution in [3.8, 4) is 0 Å². The van der Waals surface area contributed by atoms with Gasteiger partial charge >= 0.3 is 0 Å². The molecule has 3 aromatic rings. The highest BCUT2D eigenvalue weighted by Gasteiger charge is 2.15. The number of fused-ring (bicyclic) bond motifs is 1. The lowest BCUT2D eigenvalue weighted by Gasteiger charge is -2.03. The molecule has 0 aliphatic rings. The molecule has 0 aliphatic carbocycles. The first-order valence-corrected chi connectivity index (χ1v) is 6.79. The highest BCUT2D eigenvalue weighted by Crippen LogP contribution is 2.19. The van der Waals surface area contributed by atoms with E-state index in [2.05, 4.69) is 20.4 Å². The van der Waals surface area contributed by atoms with E-state index in [0.29, 0.717) is 11.5 Å². The second-order valence-corrected chi connectivity index (χ2v) is 5.18. The summed E-state index contributed by atoms with van der Waals surface area (Å²) >= 11 is 5.67. The van der Waals surface area contributed by atoms with E-state index in [-0.39, 0.29) is 10.8 Å². The topological polar surface area (TPSA) is 72.2 Å². The van der Waals surface area contributed by atoms with Crippen molar-refractivity contribution in [2.75, 3.05) is 5.32 Å². The lowest BCUT2D eigenvalue weighted by atomic mass is 10.3. The quantitative estimate of drug-likeness (QED) is 0.788. The van der Waals surface area contributed by atoms with E-state index in [1.165, 1.54) is 22.7 Å². The molecule has 0 saturated heterocycles. The van der Waals surface area contributed by atoms with Crippen molar-refractivity contribution >= 4 is 29.0 Å². The zero-order valence-electron chi connectivity index (χ0n) is 11.8. The predicted octanol–water partition coefficient (Wildman–Crippen LogP) is 2.79. The summed E-state index contributed by atoms with van der Waals surface area (Å²) in [6.45, 7) is 3.68. The van der Waals surface area contributed by atoms with Crippen LogP contribution in [0.5, 0.6) is 0 Å². The van der Waals surface area contributed by atoms with Gasteiger partial charge in [0.2, 0.25) is 5.82 Å². The highest BCUT2D eigenvalue weighted by atomic mass is 35.5. The Bertz CT molecular complexity index is 892. The predicted molar refractivity (Wildman–Crippen MR) is 79.6 cm³/mol. The Kier molecular flexibility index (Phi) is 3.50.